The number of nitrogens with two attached hydrogens (primary N) is 1. The molecule has 0 aliphatic heterocycles. The van der Waals surface area contributed by atoms with Crippen LogP contribution in [0.4, 0.5) is 6.01 Å². The molecule has 0 spiro atoms. The van der Waals surface area contributed by atoms with Crippen LogP contribution in [0.15, 0.2) is 4.52 Å². The van der Waals surface area contributed by atoms with Crippen molar-refractivity contribution >= 4 is 6.01 Å². The molecule has 0 atom stereocenters. The first-order chi connectivity index (χ1) is 3.29. The molecule has 38 valence electrons. The molecule has 0 aliphatic rings. The number of aryl methyl sites for hydroxylation is 1. The third-order valence-electron chi connectivity index (χ3n) is 0.543. The van der Waals surface area contributed by atoms with Gasteiger partial charge in [-0.25, -0.2) is 0 Å². The van der Waals surface area contributed by atoms with Crippen LogP contribution in [0.5, 0.6) is 0 Å². The smallest absolute Gasteiger partial charge is 0.318 e. The van der Waals surface area contributed by atoms with Gasteiger partial charge in [-0.15, -0.1) is 0 Å². The van der Waals surface area contributed by atoms with E-state index < -0.39 is 0 Å². The minimum absolute atomic E-state index is 0.123. The van der Waals surface area contributed by atoms with Crippen LogP contribution < -0.4 is 5.73 Å². The Morgan fingerprint density at radius 3 is 2.57 bits per heavy atom. The summed E-state index contributed by atoms with van der Waals surface area (Å²) in [7, 11) is 0. The van der Waals surface area contributed by atoms with Gasteiger partial charge >= 0.3 is 6.01 Å². The first kappa shape index (κ1) is 4.11. The third-order valence-corrected chi connectivity index (χ3v) is 0.543. The molecule has 1 rings (SSSR count). The summed E-state index contributed by atoms with van der Waals surface area (Å²) >= 11 is 0. The average Bonchev–Trinajstić information content (AvgIpc) is 1.87. The Morgan fingerprint density at radius 1 is 1.71 bits per heavy atom. The summed E-state index contributed by atoms with van der Waals surface area (Å²) in [5, 5.41) is 3.41. The molecule has 0 amide bonds. The molecule has 1 aromatic rings. The number of anilines is 1. The van der Waals surface area contributed by atoms with Gasteiger partial charge in [-0.2, -0.15) is 4.98 Å². The van der Waals surface area contributed by atoms with Crippen LogP contribution in [0.25, 0.3) is 0 Å². The molecule has 2 N–H and O–H groups in total. The maximum absolute atomic E-state index is 5.04. The molecule has 0 unspecified atom stereocenters. The van der Waals surface area contributed by atoms with Crippen molar-refractivity contribution in [2.24, 2.45) is 0 Å². The maximum atomic E-state index is 5.04. The molecule has 0 saturated heterocycles. The van der Waals surface area contributed by atoms with Crippen molar-refractivity contribution in [2.45, 2.75) is 6.92 Å². The van der Waals surface area contributed by atoms with Crippen molar-refractivity contribution in [3.05, 3.63) is 5.82 Å². The Kier molecular flexibility index (Phi) is 0.714. The van der Waals surface area contributed by atoms with Crippen LogP contribution in [0, 0.1) is 6.92 Å². The van der Waals surface area contributed by atoms with E-state index in [0.717, 1.165) is 0 Å². The van der Waals surface area contributed by atoms with E-state index in [2.05, 4.69) is 14.7 Å². The predicted octanol–water partition coefficient (Wildman–Crippen LogP) is -0.0398. The van der Waals surface area contributed by atoms with E-state index in [9.17, 15) is 0 Å². The molecular weight excluding hydrogens is 94.1 g/mol. The quantitative estimate of drug-likeness (QED) is 0.495. The summed E-state index contributed by atoms with van der Waals surface area (Å²) in [5.41, 5.74) is 5.04. The lowest BCUT2D eigenvalue weighted by Crippen LogP contribution is -1.81. The number of rotatable bonds is 0. The normalized spacial score (nSPS) is 9.29. The third kappa shape index (κ3) is 0.677. The molecule has 7 heavy (non-hydrogen) atoms. The summed E-state index contributed by atoms with van der Waals surface area (Å²) < 4.78 is 4.38. The first-order valence-corrected chi connectivity index (χ1v) is 1.85. The molecule has 0 saturated carbocycles. The van der Waals surface area contributed by atoms with E-state index in [0.29, 0.717) is 5.82 Å². The average molecular weight is 99.1 g/mol. The van der Waals surface area contributed by atoms with Gasteiger partial charge in [0.15, 0.2) is 5.82 Å². The summed E-state index contributed by atoms with van der Waals surface area (Å²) in [5.74, 6) is 0.567. The second-order valence-corrected chi connectivity index (χ2v) is 1.18. The van der Waals surface area contributed by atoms with Gasteiger partial charge in [0.25, 0.3) is 0 Å². The topological polar surface area (TPSA) is 64.9 Å². The van der Waals surface area contributed by atoms with Crippen LogP contribution in [0.1, 0.15) is 5.82 Å². The van der Waals surface area contributed by atoms with Crippen molar-refractivity contribution in [1.29, 1.82) is 0 Å². The number of hydrogen-bond donors (Lipinski definition) is 1. The van der Waals surface area contributed by atoms with E-state index in [-0.39, 0.29) is 6.01 Å². The van der Waals surface area contributed by atoms with Gasteiger partial charge < -0.3 is 10.3 Å². The van der Waals surface area contributed by atoms with Crippen molar-refractivity contribution in [3.8, 4) is 0 Å². The van der Waals surface area contributed by atoms with Crippen LogP contribution in [0.3, 0.4) is 0 Å². The predicted molar refractivity (Wildman–Crippen MR) is 23.4 cm³/mol. The van der Waals surface area contributed by atoms with Crippen LogP contribution in [0.2, 0.25) is 0 Å². The highest BCUT2D eigenvalue weighted by Gasteiger charge is 1.90. The monoisotopic (exact) mass is 99.0 g/mol. The van der Waals surface area contributed by atoms with Gasteiger partial charge in [0, 0.05) is 0 Å². The van der Waals surface area contributed by atoms with Gasteiger partial charge in [-0.05, 0) is 6.92 Å². The molecule has 1 aromatic heterocycles. The summed E-state index contributed by atoms with van der Waals surface area (Å²) in [6, 6.07) is 0.123. The van der Waals surface area contributed by atoms with Gasteiger partial charge in [-0.1, -0.05) is 5.16 Å². The fourth-order valence-corrected chi connectivity index (χ4v) is 0.313. The molecule has 0 fully saturated rings. The number of nitrogen functional groups attached to an aromatic ring is 1. The zero-order valence-electron chi connectivity index (χ0n) is 3.88. The zero-order valence-corrected chi connectivity index (χ0v) is 3.88. The fourth-order valence-electron chi connectivity index (χ4n) is 0.313. The van der Waals surface area contributed by atoms with Crippen molar-refractivity contribution in [1.82, 2.24) is 10.1 Å². The van der Waals surface area contributed by atoms with E-state index in [1.807, 2.05) is 0 Å². The highest BCUT2D eigenvalue weighted by Crippen LogP contribution is 1.92. The minimum Gasteiger partial charge on any atom is -0.351 e. The lowest BCUT2D eigenvalue weighted by atomic mass is 10.8. The highest BCUT2D eigenvalue weighted by molar-refractivity contribution is 5.05. The summed E-state index contributed by atoms with van der Waals surface area (Å²) in [6.07, 6.45) is 0. The minimum atomic E-state index is 0.123. The van der Waals surface area contributed by atoms with Gasteiger partial charge in [-0.3, -0.25) is 0 Å². The standard InChI is InChI=1S/C3H5N3O/c1-2-5-3(4)7-6-2/h1H3,(H2,4,5,6). The molecule has 0 bridgehead atoms. The number of hydrogen-bond acceptors (Lipinski definition) is 4. The van der Waals surface area contributed by atoms with Crippen LogP contribution in [-0.4, -0.2) is 10.1 Å². The molecule has 0 aliphatic carbocycles. The van der Waals surface area contributed by atoms with Crippen LogP contribution >= 0.6 is 0 Å². The maximum Gasteiger partial charge on any atom is 0.318 e. The fraction of sp³-hybridized carbons (Fsp3) is 0.333. The van der Waals surface area contributed by atoms with Crippen molar-refractivity contribution in [2.75, 3.05) is 5.73 Å². The van der Waals surface area contributed by atoms with Gasteiger partial charge in [0.05, 0.1) is 0 Å². The lowest BCUT2D eigenvalue weighted by molar-refractivity contribution is 0.430. The molecule has 0 radical (unpaired) electrons. The van der Waals surface area contributed by atoms with E-state index in [4.69, 9.17) is 5.73 Å². The molecule has 0 aromatic carbocycles. The largest absolute Gasteiger partial charge is 0.351 e. The molecule has 1 heterocycles. The number of nitrogens with zero attached hydrogens (tertiary/aromatic N) is 2. The Hall–Kier alpha value is -1.06. The summed E-state index contributed by atoms with van der Waals surface area (Å²) in [6.45, 7) is 1.71. The van der Waals surface area contributed by atoms with Crippen LogP contribution in [-0.2, 0) is 0 Å². The Bertz CT molecular complexity index is 142. The first-order valence-electron chi connectivity index (χ1n) is 1.85. The number of aromatic nitrogens is 2. The van der Waals surface area contributed by atoms with E-state index in [1.165, 1.54) is 0 Å². The Labute approximate surface area is 40.3 Å². The second-order valence-electron chi connectivity index (χ2n) is 1.18. The lowest BCUT2D eigenvalue weighted by Gasteiger charge is -1.66. The van der Waals surface area contributed by atoms with Gasteiger partial charge in [0.1, 0.15) is 0 Å². The van der Waals surface area contributed by atoms with Gasteiger partial charge in [0.2, 0.25) is 0 Å². The Balaban J connectivity index is 3.04. The van der Waals surface area contributed by atoms with Crippen molar-refractivity contribution in [3.63, 3.8) is 0 Å². The SMILES string of the molecule is Cc1noc(N)n1. The molecule has 4 nitrogen and oxygen atoms in total. The van der Waals surface area contributed by atoms with Crippen molar-refractivity contribution < 1.29 is 4.52 Å². The Morgan fingerprint density at radius 2 is 2.43 bits per heavy atom. The van der Waals surface area contributed by atoms with E-state index in [1.54, 1.807) is 6.92 Å². The molecule has 4 heteroatoms. The summed E-state index contributed by atoms with van der Waals surface area (Å²) in [4.78, 5) is 3.61. The highest BCUT2D eigenvalue weighted by atomic mass is 16.5. The zero-order chi connectivity index (χ0) is 5.28. The molecular formula is C3H5N3O. The second kappa shape index (κ2) is 1.22. The van der Waals surface area contributed by atoms with E-state index >= 15 is 0 Å².